The zero-order valence-electron chi connectivity index (χ0n) is 22.6. The average Bonchev–Trinajstić information content (AvgIpc) is 3.32. The Morgan fingerprint density at radius 2 is 1.93 bits per heavy atom. The minimum Gasteiger partial charge on any atom is -0.376 e. The summed E-state index contributed by atoms with van der Waals surface area (Å²) >= 11 is 0. The summed E-state index contributed by atoms with van der Waals surface area (Å²) in [6.07, 6.45) is -0.0263. The highest BCUT2D eigenvalue weighted by Crippen LogP contribution is 2.51. The van der Waals surface area contributed by atoms with E-state index in [9.17, 15) is 18.0 Å². The quantitative estimate of drug-likeness (QED) is 0.364. The van der Waals surface area contributed by atoms with Crippen LogP contribution in [0.25, 0.3) is 16.6 Å². The molecule has 0 unspecified atom stereocenters. The van der Waals surface area contributed by atoms with Gasteiger partial charge in [-0.2, -0.15) is 13.2 Å². The molecular weight excluding hydrogens is 521 g/mol. The molecule has 0 radical (unpaired) electrons. The molecule has 0 amide bonds. The predicted octanol–water partition coefficient (Wildman–Crippen LogP) is 4.47. The largest absolute Gasteiger partial charge is 0.418 e. The third kappa shape index (κ3) is 4.60. The van der Waals surface area contributed by atoms with Gasteiger partial charge in [0.2, 0.25) is 0 Å². The second-order valence-corrected chi connectivity index (χ2v) is 11.3. The van der Waals surface area contributed by atoms with Gasteiger partial charge in [0.05, 0.1) is 40.3 Å². The number of aromatic nitrogens is 5. The number of ether oxygens (including phenoxy) is 1. The SMILES string of the molecule is CC1CC(c2cccc(-n3cnc4c(C(F)(F)F)cc(CN5CCO[C@H](C)C5)cc4c3=O)c2)(c2nncn2C)C1. The van der Waals surface area contributed by atoms with Gasteiger partial charge in [-0.3, -0.25) is 14.3 Å². The number of nitrogens with zero attached hydrogens (tertiary/aromatic N) is 6. The summed E-state index contributed by atoms with van der Waals surface area (Å²) in [7, 11) is 1.91. The fraction of sp³-hybridized carbons (Fsp3) is 0.448. The van der Waals surface area contributed by atoms with Crippen molar-refractivity contribution in [2.45, 2.75) is 50.9 Å². The number of morpholine rings is 1. The highest BCUT2D eigenvalue weighted by molar-refractivity contribution is 5.82. The fourth-order valence-electron chi connectivity index (χ4n) is 6.42. The molecule has 2 aromatic heterocycles. The van der Waals surface area contributed by atoms with Crippen LogP contribution in [0.3, 0.4) is 0 Å². The Morgan fingerprint density at radius 1 is 1.12 bits per heavy atom. The zero-order valence-corrected chi connectivity index (χ0v) is 22.6. The number of fused-ring (bicyclic) bond motifs is 1. The molecular formula is C29H31F3N6O2. The second kappa shape index (κ2) is 9.81. The number of rotatable bonds is 5. The third-order valence-corrected chi connectivity index (χ3v) is 8.17. The highest BCUT2D eigenvalue weighted by Gasteiger charge is 2.48. The first-order valence-corrected chi connectivity index (χ1v) is 13.5. The summed E-state index contributed by atoms with van der Waals surface area (Å²) < 4.78 is 51.2. The Bertz CT molecular complexity index is 1620. The van der Waals surface area contributed by atoms with Crippen LogP contribution in [-0.2, 0) is 29.9 Å². The lowest BCUT2D eigenvalue weighted by molar-refractivity contribution is -0.136. The van der Waals surface area contributed by atoms with Gasteiger partial charge >= 0.3 is 6.18 Å². The predicted molar refractivity (Wildman–Crippen MR) is 143 cm³/mol. The minimum absolute atomic E-state index is 0.00837. The van der Waals surface area contributed by atoms with Crippen LogP contribution >= 0.6 is 0 Å². The van der Waals surface area contributed by atoms with E-state index in [2.05, 4.69) is 22.1 Å². The molecule has 3 heterocycles. The molecule has 2 aliphatic rings. The maximum absolute atomic E-state index is 14.1. The van der Waals surface area contributed by atoms with E-state index in [1.54, 1.807) is 18.5 Å². The number of hydrogen-bond acceptors (Lipinski definition) is 6. The summed E-state index contributed by atoms with van der Waals surface area (Å²) in [4.78, 5) is 20.0. The van der Waals surface area contributed by atoms with Crippen molar-refractivity contribution in [1.82, 2.24) is 29.2 Å². The Labute approximate surface area is 229 Å². The van der Waals surface area contributed by atoms with Gasteiger partial charge in [-0.05, 0) is 61.1 Å². The minimum atomic E-state index is -4.65. The maximum atomic E-state index is 14.1. The van der Waals surface area contributed by atoms with Crippen LogP contribution in [0.4, 0.5) is 13.2 Å². The number of alkyl halides is 3. The molecule has 1 saturated heterocycles. The summed E-state index contributed by atoms with van der Waals surface area (Å²) in [5.41, 5.74) is -0.184. The number of aryl methyl sites for hydroxylation is 1. The first kappa shape index (κ1) is 26.6. The van der Waals surface area contributed by atoms with Crippen molar-refractivity contribution >= 4 is 10.9 Å². The summed E-state index contributed by atoms with van der Waals surface area (Å²) in [5, 5.41) is 8.41. The highest BCUT2D eigenvalue weighted by atomic mass is 19.4. The van der Waals surface area contributed by atoms with E-state index in [1.807, 2.05) is 41.6 Å². The monoisotopic (exact) mass is 552 g/mol. The molecule has 0 spiro atoms. The van der Waals surface area contributed by atoms with Crippen LogP contribution < -0.4 is 5.56 Å². The lowest BCUT2D eigenvalue weighted by Crippen LogP contribution is -2.43. The van der Waals surface area contributed by atoms with Gasteiger partial charge in [0.25, 0.3) is 5.56 Å². The summed E-state index contributed by atoms with van der Waals surface area (Å²) in [6, 6.07) is 10.2. The van der Waals surface area contributed by atoms with E-state index in [-0.39, 0.29) is 29.0 Å². The van der Waals surface area contributed by atoms with Crippen LogP contribution in [-0.4, -0.2) is 55.0 Å². The van der Waals surface area contributed by atoms with Crippen molar-refractivity contribution < 1.29 is 17.9 Å². The van der Waals surface area contributed by atoms with Crippen molar-refractivity contribution in [3.05, 3.63) is 81.9 Å². The first-order valence-electron chi connectivity index (χ1n) is 13.5. The fourth-order valence-corrected chi connectivity index (χ4v) is 6.42. The van der Waals surface area contributed by atoms with Crippen LogP contribution in [0.5, 0.6) is 0 Å². The molecule has 8 nitrogen and oxygen atoms in total. The molecule has 1 aliphatic heterocycles. The Hall–Kier alpha value is -3.57. The topological polar surface area (TPSA) is 78.1 Å². The lowest BCUT2D eigenvalue weighted by Gasteiger charge is -2.46. The zero-order chi connectivity index (χ0) is 28.2. The van der Waals surface area contributed by atoms with Gasteiger partial charge in [0.15, 0.2) is 0 Å². The van der Waals surface area contributed by atoms with Crippen molar-refractivity contribution in [2.75, 3.05) is 19.7 Å². The van der Waals surface area contributed by atoms with Crippen LogP contribution in [0.1, 0.15) is 49.2 Å². The molecule has 11 heteroatoms. The van der Waals surface area contributed by atoms with Gasteiger partial charge in [-0.1, -0.05) is 19.1 Å². The summed E-state index contributed by atoms with van der Waals surface area (Å²) in [5.74, 6) is 1.35. The first-order chi connectivity index (χ1) is 19.0. The molecule has 1 atom stereocenters. The third-order valence-electron chi connectivity index (χ3n) is 8.17. The van der Waals surface area contributed by atoms with Gasteiger partial charge < -0.3 is 9.30 Å². The molecule has 6 rings (SSSR count). The summed E-state index contributed by atoms with van der Waals surface area (Å²) in [6.45, 7) is 6.14. The van der Waals surface area contributed by atoms with E-state index >= 15 is 0 Å². The van der Waals surface area contributed by atoms with E-state index < -0.39 is 17.3 Å². The molecule has 0 bridgehead atoms. The number of halogens is 3. The van der Waals surface area contributed by atoms with Crippen LogP contribution in [0.15, 0.2) is 53.8 Å². The Kier molecular flexibility index (Phi) is 6.53. The molecule has 0 N–H and O–H groups in total. The van der Waals surface area contributed by atoms with Crippen molar-refractivity contribution in [1.29, 1.82) is 0 Å². The second-order valence-electron chi connectivity index (χ2n) is 11.3. The van der Waals surface area contributed by atoms with E-state index in [1.165, 1.54) is 10.9 Å². The van der Waals surface area contributed by atoms with Gasteiger partial charge in [-0.25, -0.2) is 4.98 Å². The Balaban J connectivity index is 1.45. The van der Waals surface area contributed by atoms with Crippen molar-refractivity contribution in [2.24, 2.45) is 13.0 Å². The van der Waals surface area contributed by atoms with E-state index in [0.29, 0.717) is 36.9 Å². The van der Waals surface area contributed by atoms with Crippen LogP contribution in [0, 0.1) is 5.92 Å². The average molecular weight is 553 g/mol. The molecule has 2 fully saturated rings. The lowest BCUT2D eigenvalue weighted by atomic mass is 9.58. The number of hydrogen-bond donors (Lipinski definition) is 0. The van der Waals surface area contributed by atoms with E-state index in [4.69, 9.17) is 4.74 Å². The van der Waals surface area contributed by atoms with Gasteiger partial charge in [-0.15, -0.1) is 10.2 Å². The van der Waals surface area contributed by atoms with Gasteiger partial charge in [0, 0.05) is 26.7 Å². The molecule has 210 valence electrons. The normalized spacial score (nSPS) is 23.9. The maximum Gasteiger partial charge on any atom is 0.418 e. The molecule has 1 aliphatic carbocycles. The smallest absolute Gasteiger partial charge is 0.376 e. The molecule has 4 aromatic rings. The van der Waals surface area contributed by atoms with E-state index in [0.717, 1.165) is 30.3 Å². The van der Waals surface area contributed by atoms with Crippen molar-refractivity contribution in [3.63, 3.8) is 0 Å². The molecule has 40 heavy (non-hydrogen) atoms. The number of benzene rings is 2. The standard InChI is InChI=1S/C29H31F3N6O2/c1-18-12-28(13-18,27-35-34-17-36(27)3)21-5-4-6-22(11-21)38-16-33-25-23(26(38)39)9-20(10-24(25)29(30,31)32)15-37-7-8-40-19(2)14-37/h4-6,9-11,16-19H,7-8,12-15H2,1-3H3/t18?,19-,28?/m1/s1. The molecule has 2 aromatic carbocycles. The van der Waals surface area contributed by atoms with Crippen LogP contribution in [0.2, 0.25) is 0 Å². The Morgan fingerprint density at radius 3 is 2.60 bits per heavy atom. The van der Waals surface area contributed by atoms with Crippen molar-refractivity contribution in [3.8, 4) is 5.69 Å². The van der Waals surface area contributed by atoms with Gasteiger partial charge in [0.1, 0.15) is 18.5 Å². The molecule has 1 saturated carbocycles.